The van der Waals surface area contributed by atoms with Crippen LogP contribution in [0.15, 0.2) is 29.2 Å². The first kappa shape index (κ1) is 9.37. The molecule has 2 aromatic rings. The zero-order valence-corrected chi connectivity index (χ0v) is 9.60. The SMILES string of the molecule is Cc1cc2cc(SSS)ccc2[nH]1. The summed E-state index contributed by atoms with van der Waals surface area (Å²) in [6.45, 7) is 2.07. The van der Waals surface area contributed by atoms with E-state index in [1.54, 1.807) is 10.8 Å². The zero-order chi connectivity index (χ0) is 9.26. The molecule has 13 heavy (non-hydrogen) atoms. The van der Waals surface area contributed by atoms with Crippen LogP contribution in [0.5, 0.6) is 0 Å². The number of rotatable bonds is 2. The van der Waals surface area contributed by atoms with E-state index in [1.165, 1.54) is 31.3 Å². The molecule has 0 saturated heterocycles. The van der Waals surface area contributed by atoms with Gasteiger partial charge in [0.2, 0.25) is 0 Å². The number of hydrogen-bond acceptors (Lipinski definition) is 3. The van der Waals surface area contributed by atoms with E-state index in [0.29, 0.717) is 0 Å². The third kappa shape index (κ3) is 2.00. The second-order valence-electron chi connectivity index (χ2n) is 2.86. The summed E-state index contributed by atoms with van der Waals surface area (Å²) in [6.07, 6.45) is 0. The van der Waals surface area contributed by atoms with Crippen LogP contribution in [-0.2, 0) is 0 Å². The third-order valence-electron chi connectivity index (χ3n) is 1.86. The van der Waals surface area contributed by atoms with Crippen molar-refractivity contribution in [1.29, 1.82) is 0 Å². The van der Waals surface area contributed by atoms with Crippen molar-refractivity contribution in [3.8, 4) is 0 Å². The molecule has 0 saturated carbocycles. The monoisotopic (exact) mass is 227 g/mol. The minimum absolute atomic E-state index is 1.20. The zero-order valence-electron chi connectivity index (χ0n) is 7.07. The quantitative estimate of drug-likeness (QED) is 0.594. The van der Waals surface area contributed by atoms with Gasteiger partial charge in [0.15, 0.2) is 0 Å². The van der Waals surface area contributed by atoms with Crippen LogP contribution in [0.25, 0.3) is 10.9 Å². The smallest absolute Gasteiger partial charge is 0.0456 e. The molecule has 1 aromatic carbocycles. The van der Waals surface area contributed by atoms with Crippen molar-refractivity contribution < 1.29 is 0 Å². The Morgan fingerprint density at radius 1 is 1.31 bits per heavy atom. The highest BCUT2D eigenvalue weighted by molar-refractivity contribution is 9.05. The van der Waals surface area contributed by atoms with E-state index in [2.05, 4.69) is 47.8 Å². The van der Waals surface area contributed by atoms with E-state index < -0.39 is 0 Å². The fourth-order valence-corrected chi connectivity index (χ4v) is 3.08. The summed E-state index contributed by atoms with van der Waals surface area (Å²) in [5.41, 5.74) is 2.40. The minimum Gasteiger partial charge on any atom is -0.359 e. The van der Waals surface area contributed by atoms with Crippen LogP contribution in [0.1, 0.15) is 5.69 Å². The molecule has 1 aromatic heterocycles. The van der Waals surface area contributed by atoms with Crippen LogP contribution in [0, 0.1) is 6.92 Å². The predicted octanol–water partition coefficient (Wildman–Crippen LogP) is 4.06. The molecule has 0 atom stereocenters. The second-order valence-corrected chi connectivity index (χ2v) is 5.94. The van der Waals surface area contributed by atoms with E-state index in [-0.39, 0.29) is 0 Å². The van der Waals surface area contributed by atoms with Gasteiger partial charge in [-0.25, -0.2) is 0 Å². The Morgan fingerprint density at radius 2 is 2.15 bits per heavy atom. The Morgan fingerprint density at radius 3 is 2.92 bits per heavy atom. The van der Waals surface area contributed by atoms with E-state index in [4.69, 9.17) is 0 Å². The number of aromatic amines is 1. The lowest BCUT2D eigenvalue weighted by molar-refractivity contribution is 1.30. The molecule has 1 nitrogen and oxygen atoms in total. The summed E-state index contributed by atoms with van der Waals surface area (Å²) in [5.74, 6) is 0. The highest BCUT2D eigenvalue weighted by atomic mass is 33.5. The maximum absolute atomic E-state index is 4.10. The predicted molar refractivity (Wildman–Crippen MR) is 65.5 cm³/mol. The van der Waals surface area contributed by atoms with Crippen LogP contribution in [-0.4, -0.2) is 4.98 Å². The van der Waals surface area contributed by atoms with Gasteiger partial charge in [-0.3, -0.25) is 0 Å². The third-order valence-corrected chi connectivity index (χ3v) is 3.85. The summed E-state index contributed by atoms with van der Waals surface area (Å²) in [5, 5.41) is 1.27. The van der Waals surface area contributed by atoms with Crippen molar-refractivity contribution in [2.45, 2.75) is 11.8 Å². The molecule has 0 spiro atoms. The van der Waals surface area contributed by atoms with Crippen molar-refractivity contribution in [3.63, 3.8) is 0 Å². The molecular weight excluding hydrogens is 218 g/mol. The minimum atomic E-state index is 1.20. The number of aryl methyl sites for hydroxylation is 1. The normalized spacial score (nSPS) is 10.9. The lowest BCUT2D eigenvalue weighted by Crippen LogP contribution is -1.69. The summed E-state index contributed by atoms with van der Waals surface area (Å²) in [7, 11) is 3.14. The fourth-order valence-electron chi connectivity index (χ4n) is 1.35. The summed E-state index contributed by atoms with van der Waals surface area (Å²) < 4.78 is 0. The van der Waals surface area contributed by atoms with Crippen LogP contribution in [0.3, 0.4) is 0 Å². The molecule has 0 fully saturated rings. The average molecular weight is 227 g/mol. The molecule has 0 aliphatic rings. The van der Waals surface area contributed by atoms with E-state index in [1.807, 2.05) is 0 Å². The summed E-state index contributed by atoms with van der Waals surface area (Å²) in [6, 6.07) is 8.54. The Balaban J connectivity index is 2.48. The number of fused-ring (bicyclic) bond motifs is 1. The molecule has 2 rings (SSSR count). The number of nitrogens with one attached hydrogen (secondary N) is 1. The van der Waals surface area contributed by atoms with Gasteiger partial charge in [0.05, 0.1) is 0 Å². The highest BCUT2D eigenvalue weighted by Gasteiger charge is 1.99. The maximum Gasteiger partial charge on any atom is 0.0456 e. The summed E-state index contributed by atoms with van der Waals surface area (Å²) >= 11 is 4.10. The number of hydrogen-bond donors (Lipinski definition) is 2. The van der Waals surface area contributed by atoms with Gasteiger partial charge in [-0.1, -0.05) is 11.7 Å². The Bertz CT molecular complexity index is 422. The van der Waals surface area contributed by atoms with E-state index >= 15 is 0 Å². The fraction of sp³-hybridized carbons (Fsp3) is 0.111. The molecular formula is C9H9NS3. The molecule has 0 radical (unpaired) electrons. The Kier molecular flexibility index (Phi) is 2.81. The van der Waals surface area contributed by atoms with Crippen molar-refractivity contribution in [2.24, 2.45) is 0 Å². The van der Waals surface area contributed by atoms with Gasteiger partial charge in [-0.2, -0.15) is 0 Å². The number of H-pyrrole nitrogens is 1. The van der Waals surface area contributed by atoms with Crippen LogP contribution in [0.4, 0.5) is 0 Å². The van der Waals surface area contributed by atoms with Crippen molar-refractivity contribution in [1.82, 2.24) is 4.98 Å². The maximum atomic E-state index is 4.10. The molecule has 1 N–H and O–H groups in total. The standard InChI is InChI=1S/C9H9NS3/c1-6-4-7-5-8(12-13-11)2-3-9(7)10-6/h2-5,10-11H,1H3. The molecule has 0 aliphatic carbocycles. The topological polar surface area (TPSA) is 15.8 Å². The van der Waals surface area contributed by atoms with Crippen molar-refractivity contribution >= 4 is 43.2 Å². The average Bonchev–Trinajstić information content (AvgIpc) is 2.44. The van der Waals surface area contributed by atoms with E-state index in [0.717, 1.165) is 0 Å². The van der Waals surface area contributed by atoms with Gasteiger partial charge in [-0.15, -0.1) is 0 Å². The molecule has 4 heteroatoms. The molecule has 1 heterocycles. The molecule has 0 bridgehead atoms. The highest BCUT2D eigenvalue weighted by Crippen LogP contribution is 2.34. The van der Waals surface area contributed by atoms with Crippen LogP contribution in [0.2, 0.25) is 0 Å². The first-order valence-electron chi connectivity index (χ1n) is 3.87. The lowest BCUT2D eigenvalue weighted by Gasteiger charge is -1.95. The first-order chi connectivity index (χ1) is 6.29. The molecule has 0 unspecified atom stereocenters. The second kappa shape index (κ2) is 3.90. The van der Waals surface area contributed by atoms with Gasteiger partial charge < -0.3 is 4.98 Å². The molecule has 0 amide bonds. The lowest BCUT2D eigenvalue weighted by atomic mass is 10.2. The molecule has 0 aliphatic heterocycles. The Hall–Kier alpha value is -0.190. The van der Waals surface area contributed by atoms with Crippen LogP contribution >= 0.6 is 32.3 Å². The van der Waals surface area contributed by atoms with Crippen LogP contribution < -0.4 is 0 Å². The number of aromatic nitrogens is 1. The first-order valence-corrected chi connectivity index (χ1v) is 7.07. The number of benzene rings is 1. The van der Waals surface area contributed by atoms with Crippen molar-refractivity contribution in [3.05, 3.63) is 30.0 Å². The molecule has 68 valence electrons. The van der Waals surface area contributed by atoms with Gasteiger partial charge in [-0.05, 0) is 51.8 Å². The van der Waals surface area contributed by atoms with E-state index in [9.17, 15) is 0 Å². The van der Waals surface area contributed by atoms with Gasteiger partial charge in [0.1, 0.15) is 0 Å². The summed E-state index contributed by atoms with van der Waals surface area (Å²) in [4.78, 5) is 4.53. The Labute approximate surface area is 89.9 Å². The van der Waals surface area contributed by atoms with Crippen molar-refractivity contribution in [2.75, 3.05) is 0 Å². The number of thiol groups is 1. The van der Waals surface area contributed by atoms with Gasteiger partial charge in [0, 0.05) is 21.5 Å². The van der Waals surface area contributed by atoms with Gasteiger partial charge in [0.25, 0.3) is 0 Å². The largest absolute Gasteiger partial charge is 0.359 e. The van der Waals surface area contributed by atoms with Gasteiger partial charge >= 0.3 is 0 Å².